The van der Waals surface area contributed by atoms with Crippen LogP contribution in [0.2, 0.25) is 5.15 Å². The number of halogens is 2. The molecule has 98 valence electrons. The third-order valence-electron chi connectivity index (χ3n) is 2.54. The van der Waals surface area contributed by atoms with Gasteiger partial charge in [0.1, 0.15) is 16.7 Å². The van der Waals surface area contributed by atoms with Gasteiger partial charge in [-0.3, -0.25) is 9.78 Å². The average Bonchev–Trinajstić information content (AvgIpc) is 2.40. The van der Waals surface area contributed by atoms with Crippen LogP contribution in [-0.2, 0) is 6.54 Å². The Kier molecular flexibility index (Phi) is 4.06. The monoisotopic (exact) mass is 279 g/mol. The molecule has 0 saturated heterocycles. The van der Waals surface area contributed by atoms with Crippen molar-refractivity contribution in [2.24, 2.45) is 0 Å². The molecule has 1 aromatic heterocycles. The topological polar surface area (TPSA) is 46.1 Å². The lowest BCUT2D eigenvalue weighted by molar-refractivity contribution is 0.0777. The van der Waals surface area contributed by atoms with Crippen molar-refractivity contribution in [3.63, 3.8) is 0 Å². The van der Waals surface area contributed by atoms with Gasteiger partial charge in [-0.1, -0.05) is 29.8 Å². The molecule has 0 spiro atoms. The van der Waals surface area contributed by atoms with E-state index in [1.165, 1.54) is 23.4 Å². The molecule has 0 aliphatic rings. The van der Waals surface area contributed by atoms with Crippen LogP contribution in [0.1, 0.15) is 16.1 Å². The molecule has 0 aliphatic heterocycles. The Labute approximate surface area is 114 Å². The first-order chi connectivity index (χ1) is 9.08. The van der Waals surface area contributed by atoms with Crippen molar-refractivity contribution in [2.75, 3.05) is 7.05 Å². The largest absolute Gasteiger partial charge is 0.336 e. The molecule has 4 nitrogen and oxygen atoms in total. The third kappa shape index (κ3) is 3.26. The molecule has 0 radical (unpaired) electrons. The Morgan fingerprint density at radius 1 is 1.37 bits per heavy atom. The summed E-state index contributed by atoms with van der Waals surface area (Å²) in [6.45, 7) is 0.152. The summed E-state index contributed by atoms with van der Waals surface area (Å²) in [6, 6.07) is 6.30. The van der Waals surface area contributed by atoms with Gasteiger partial charge in [0, 0.05) is 19.2 Å². The van der Waals surface area contributed by atoms with Gasteiger partial charge in [-0.05, 0) is 6.07 Å². The number of nitrogens with zero attached hydrogens (tertiary/aromatic N) is 3. The quantitative estimate of drug-likeness (QED) is 0.867. The van der Waals surface area contributed by atoms with Gasteiger partial charge in [-0.2, -0.15) is 0 Å². The van der Waals surface area contributed by atoms with E-state index in [1.54, 1.807) is 25.2 Å². The molecule has 0 saturated carbocycles. The first-order valence-corrected chi connectivity index (χ1v) is 5.92. The number of amides is 1. The Balaban J connectivity index is 2.14. The molecule has 1 aromatic carbocycles. The predicted molar refractivity (Wildman–Crippen MR) is 69.2 cm³/mol. The van der Waals surface area contributed by atoms with E-state index in [2.05, 4.69) is 9.97 Å². The summed E-state index contributed by atoms with van der Waals surface area (Å²) < 4.78 is 13.5. The molecule has 1 heterocycles. The fourth-order valence-electron chi connectivity index (χ4n) is 1.59. The second-order valence-corrected chi connectivity index (χ2v) is 4.37. The summed E-state index contributed by atoms with van der Waals surface area (Å²) in [5.74, 6) is -0.711. The normalized spacial score (nSPS) is 10.3. The number of hydrogen-bond acceptors (Lipinski definition) is 3. The lowest BCUT2D eigenvalue weighted by Gasteiger charge is -2.17. The SMILES string of the molecule is CN(Cc1ccccc1F)C(=O)c1cncc(Cl)n1. The van der Waals surface area contributed by atoms with E-state index in [4.69, 9.17) is 11.6 Å². The molecule has 0 bridgehead atoms. The van der Waals surface area contributed by atoms with E-state index < -0.39 is 0 Å². The summed E-state index contributed by atoms with van der Waals surface area (Å²) in [5, 5.41) is 0.144. The van der Waals surface area contributed by atoms with Crippen LogP contribution < -0.4 is 0 Å². The van der Waals surface area contributed by atoms with Crippen LogP contribution >= 0.6 is 11.6 Å². The minimum Gasteiger partial charge on any atom is -0.336 e. The van der Waals surface area contributed by atoms with Crippen LogP contribution in [0.15, 0.2) is 36.7 Å². The smallest absolute Gasteiger partial charge is 0.274 e. The van der Waals surface area contributed by atoms with Gasteiger partial charge in [0.05, 0.1) is 12.4 Å². The number of rotatable bonds is 3. The predicted octanol–water partition coefficient (Wildman–Crippen LogP) is 2.54. The van der Waals surface area contributed by atoms with Crippen molar-refractivity contribution in [1.29, 1.82) is 0 Å². The summed E-state index contributed by atoms with van der Waals surface area (Å²) in [7, 11) is 1.57. The summed E-state index contributed by atoms with van der Waals surface area (Å²) in [4.78, 5) is 21.1. The standard InChI is InChI=1S/C13H11ClFN3O/c1-18(8-9-4-2-3-5-10(9)15)13(19)11-6-16-7-12(14)17-11/h2-7H,8H2,1H3. The van der Waals surface area contributed by atoms with Crippen LogP contribution in [0.25, 0.3) is 0 Å². The zero-order valence-corrected chi connectivity index (χ0v) is 10.9. The van der Waals surface area contributed by atoms with Crippen LogP contribution in [0, 0.1) is 5.82 Å². The fourth-order valence-corrected chi connectivity index (χ4v) is 1.74. The minimum atomic E-state index is -0.363. The summed E-state index contributed by atoms with van der Waals surface area (Å²) in [5.41, 5.74) is 0.569. The Hall–Kier alpha value is -2.01. The van der Waals surface area contributed by atoms with E-state index in [0.717, 1.165) is 0 Å². The first-order valence-electron chi connectivity index (χ1n) is 5.54. The highest BCUT2D eigenvalue weighted by molar-refractivity contribution is 6.29. The van der Waals surface area contributed by atoms with Crippen molar-refractivity contribution in [2.45, 2.75) is 6.54 Å². The third-order valence-corrected chi connectivity index (χ3v) is 2.72. The Bertz CT molecular complexity index is 606. The van der Waals surface area contributed by atoms with Crippen molar-refractivity contribution in [3.05, 3.63) is 58.9 Å². The van der Waals surface area contributed by atoms with Crippen LogP contribution in [0.5, 0.6) is 0 Å². The van der Waals surface area contributed by atoms with Crippen molar-refractivity contribution < 1.29 is 9.18 Å². The molecule has 19 heavy (non-hydrogen) atoms. The molecule has 6 heteroatoms. The second kappa shape index (κ2) is 5.75. The molecule has 0 atom stereocenters. The second-order valence-electron chi connectivity index (χ2n) is 3.98. The maximum absolute atomic E-state index is 13.5. The van der Waals surface area contributed by atoms with E-state index in [9.17, 15) is 9.18 Å². The zero-order chi connectivity index (χ0) is 13.8. The van der Waals surface area contributed by atoms with Gasteiger partial charge in [-0.25, -0.2) is 9.37 Å². The number of aromatic nitrogens is 2. The zero-order valence-electron chi connectivity index (χ0n) is 10.2. The number of carbonyl (C=O) groups is 1. The first kappa shape index (κ1) is 13.4. The van der Waals surface area contributed by atoms with Crippen LogP contribution in [0.3, 0.4) is 0 Å². The van der Waals surface area contributed by atoms with Gasteiger partial charge >= 0.3 is 0 Å². The number of carbonyl (C=O) groups excluding carboxylic acids is 1. The van der Waals surface area contributed by atoms with Gasteiger partial charge < -0.3 is 4.90 Å². The van der Waals surface area contributed by atoms with Gasteiger partial charge in [-0.15, -0.1) is 0 Å². The fraction of sp³-hybridized carbons (Fsp3) is 0.154. The van der Waals surface area contributed by atoms with Gasteiger partial charge in [0.15, 0.2) is 0 Å². The average molecular weight is 280 g/mol. The number of hydrogen-bond donors (Lipinski definition) is 0. The van der Waals surface area contributed by atoms with Crippen molar-refractivity contribution in [1.82, 2.24) is 14.9 Å². The maximum atomic E-state index is 13.5. The molecule has 0 aliphatic carbocycles. The maximum Gasteiger partial charge on any atom is 0.274 e. The van der Waals surface area contributed by atoms with E-state index in [-0.39, 0.29) is 29.1 Å². The Morgan fingerprint density at radius 2 is 2.11 bits per heavy atom. The highest BCUT2D eigenvalue weighted by Gasteiger charge is 2.15. The van der Waals surface area contributed by atoms with E-state index >= 15 is 0 Å². The molecule has 0 fully saturated rings. The summed E-state index contributed by atoms with van der Waals surface area (Å²) in [6.07, 6.45) is 2.67. The highest BCUT2D eigenvalue weighted by Crippen LogP contribution is 2.11. The molecule has 0 unspecified atom stereocenters. The summed E-state index contributed by atoms with van der Waals surface area (Å²) >= 11 is 5.67. The molecule has 1 amide bonds. The lowest BCUT2D eigenvalue weighted by atomic mass is 10.2. The molecular formula is C13H11ClFN3O. The van der Waals surface area contributed by atoms with Crippen LogP contribution in [-0.4, -0.2) is 27.8 Å². The number of benzene rings is 1. The van der Waals surface area contributed by atoms with Crippen molar-refractivity contribution in [3.8, 4) is 0 Å². The van der Waals surface area contributed by atoms with Gasteiger partial charge in [0.2, 0.25) is 0 Å². The van der Waals surface area contributed by atoms with E-state index in [0.29, 0.717) is 5.56 Å². The van der Waals surface area contributed by atoms with Crippen LogP contribution in [0.4, 0.5) is 4.39 Å². The molecule has 2 rings (SSSR count). The molecule has 2 aromatic rings. The van der Waals surface area contributed by atoms with E-state index in [1.807, 2.05) is 0 Å². The van der Waals surface area contributed by atoms with Crippen molar-refractivity contribution >= 4 is 17.5 Å². The highest BCUT2D eigenvalue weighted by atomic mass is 35.5. The van der Waals surface area contributed by atoms with Gasteiger partial charge in [0.25, 0.3) is 5.91 Å². The Morgan fingerprint density at radius 3 is 2.79 bits per heavy atom. The minimum absolute atomic E-state index is 0.131. The molecular weight excluding hydrogens is 269 g/mol. The molecule has 0 N–H and O–H groups in total. The lowest BCUT2D eigenvalue weighted by Crippen LogP contribution is -2.27.